The van der Waals surface area contributed by atoms with E-state index in [2.05, 4.69) is 15.5 Å². The Kier molecular flexibility index (Phi) is 6.87. The van der Waals surface area contributed by atoms with Crippen LogP contribution < -0.4 is 14.8 Å². The summed E-state index contributed by atoms with van der Waals surface area (Å²) in [7, 11) is 3.16. The number of piperidine rings is 1. The Morgan fingerprint density at radius 3 is 2.48 bits per heavy atom. The zero-order chi connectivity index (χ0) is 23.2. The first-order chi connectivity index (χ1) is 16.1. The molecule has 1 aliphatic rings. The quantitative estimate of drug-likeness (QED) is 0.590. The monoisotopic (exact) mass is 450 g/mol. The van der Waals surface area contributed by atoms with Gasteiger partial charge in [-0.3, -0.25) is 9.59 Å². The predicted octanol–water partition coefficient (Wildman–Crippen LogP) is 2.89. The minimum absolute atomic E-state index is 0.0254. The first kappa shape index (κ1) is 22.3. The highest BCUT2D eigenvalue weighted by atomic mass is 16.5. The average Bonchev–Trinajstić information content (AvgIpc) is 3.37. The lowest BCUT2D eigenvalue weighted by molar-refractivity contribution is -0.131. The van der Waals surface area contributed by atoms with Crippen LogP contribution in [-0.4, -0.2) is 60.7 Å². The molecule has 9 nitrogen and oxygen atoms in total. The van der Waals surface area contributed by atoms with Crippen molar-refractivity contribution in [2.45, 2.75) is 18.8 Å². The van der Waals surface area contributed by atoms with Crippen LogP contribution in [0, 0.1) is 0 Å². The highest BCUT2D eigenvalue weighted by Crippen LogP contribution is 2.33. The Bertz CT molecular complexity index is 1110. The lowest BCUT2D eigenvalue weighted by Crippen LogP contribution is -2.43. The zero-order valence-corrected chi connectivity index (χ0v) is 18.6. The molecule has 2 aromatic carbocycles. The van der Waals surface area contributed by atoms with Gasteiger partial charge in [-0.2, -0.15) is 4.98 Å². The molecule has 0 saturated carbocycles. The second-order valence-electron chi connectivity index (χ2n) is 7.73. The van der Waals surface area contributed by atoms with Crippen LogP contribution in [0.15, 0.2) is 53.1 Å². The number of carbonyl (C=O) groups excluding carboxylic acids is 2. The number of hydrogen-bond acceptors (Lipinski definition) is 7. The SMILES string of the molecule is COc1ccc(-c2noc(C3CCN(C(=O)CNC(=O)c4ccccc4)CC3)n2)cc1OC. The van der Waals surface area contributed by atoms with Gasteiger partial charge >= 0.3 is 0 Å². The van der Waals surface area contributed by atoms with Gasteiger partial charge in [-0.15, -0.1) is 0 Å². The number of rotatable bonds is 7. The number of benzene rings is 2. The standard InChI is InChI=1S/C24H26N4O5/c1-31-19-9-8-18(14-20(19)32-2)22-26-24(33-27-22)17-10-12-28(13-11-17)21(29)15-25-23(30)16-6-4-3-5-7-16/h3-9,14,17H,10-13,15H2,1-2H3,(H,25,30). The average molecular weight is 450 g/mol. The van der Waals surface area contributed by atoms with Crippen molar-refractivity contribution in [3.63, 3.8) is 0 Å². The summed E-state index contributed by atoms with van der Waals surface area (Å²) in [6.45, 7) is 1.11. The number of methoxy groups -OCH3 is 2. The third kappa shape index (κ3) is 5.14. The maximum absolute atomic E-state index is 12.5. The van der Waals surface area contributed by atoms with Gasteiger partial charge in [-0.1, -0.05) is 23.4 Å². The number of hydrogen-bond donors (Lipinski definition) is 1. The molecule has 1 aromatic heterocycles. The number of amides is 2. The van der Waals surface area contributed by atoms with Crippen LogP contribution in [-0.2, 0) is 4.79 Å². The van der Waals surface area contributed by atoms with Crippen LogP contribution in [0.4, 0.5) is 0 Å². The van der Waals surface area contributed by atoms with Gasteiger partial charge < -0.3 is 24.2 Å². The van der Waals surface area contributed by atoms with Gasteiger partial charge in [0.25, 0.3) is 5.91 Å². The van der Waals surface area contributed by atoms with Crippen molar-refractivity contribution >= 4 is 11.8 Å². The Morgan fingerprint density at radius 1 is 1.06 bits per heavy atom. The molecule has 172 valence electrons. The van der Waals surface area contributed by atoms with Gasteiger partial charge in [0.1, 0.15) is 0 Å². The molecule has 0 atom stereocenters. The molecule has 0 spiro atoms. The summed E-state index contributed by atoms with van der Waals surface area (Å²) in [5.74, 6) is 1.97. The van der Waals surface area contributed by atoms with E-state index in [-0.39, 0.29) is 24.3 Å². The summed E-state index contributed by atoms with van der Waals surface area (Å²) in [5.41, 5.74) is 1.30. The second-order valence-corrected chi connectivity index (χ2v) is 7.73. The minimum atomic E-state index is -0.257. The van der Waals surface area contributed by atoms with E-state index in [0.717, 1.165) is 5.56 Å². The third-order valence-corrected chi connectivity index (χ3v) is 5.72. The van der Waals surface area contributed by atoms with E-state index >= 15 is 0 Å². The summed E-state index contributed by atoms with van der Waals surface area (Å²) in [6.07, 6.45) is 1.43. The van der Waals surface area contributed by atoms with Crippen molar-refractivity contribution < 1.29 is 23.6 Å². The largest absolute Gasteiger partial charge is 0.493 e. The Hall–Kier alpha value is -3.88. The van der Waals surface area contributed by atoms with Gasteiger partial charge in [-0.05, 0) is 43.2 Å². The predicted molar refractivity (Wildman–Crippen MR) is 120 cm³/mol. The van der Waals surface area contributed by atoms with Crippen molar-refractivity contribution in [2.75, 3.05) is 33.9 Å². The van der Waals surface area contributed by atoms with Crippen molar-refractivity contribution in [1.82, 2.24) is 20.4 Å². The molecule has 0 bridgehead atoms. The number of nitrogens with zero attached hydrogens (tertiary/aromatic N) is 3. The van der Waals surface area contributed by atoms with Crippen LogP contribution in [0.1, 0.15) is 35.0 Å². The molecule has 1 aliphatic heterocycles. The third-order valence-electron chi connectivity index (χ3n) is 5.72. The molecule has 33 heavy (non-hydrogen) atoms. The van der Waals surface area contributed by atoms with E-state index in [4.69, 9.17) is 14.0 Å². The fourth-order valence-electron chi connectivity index (χ4n) is 3.83. The van der Waals surface area contributed by atoms with E-state index in [9.17, 15) is 9.59 Å². The van der Waals surface area contributed by atoms with Crippen LogP contribution in [0.2, 0.25) is 0 Å². The molecule has 3 aromatic rings. The van der Waals surface area contributed by atoms with E-state index in [0.29, 0.717) is 54.7 Å². The Morgan fingerprint density at radius 2 is 1.79 bits per heavy atom. The molecule has 0 unspecified atom stereocenters. The summed E-state index contributed by atoms with van der Waals surface area (Å²) in [5, 5.41) is 6.80. The first-order valence-electron chi connectivity index (χ1n) is 10.8. The lowest BCUT2D eigenvalue weighted by Gasteiger charge is -2.30. The summed E-state index contributed by atoms with van der Waals surface area (Å²) >= 11 is 0. The smallest absolute Gasteiger partial charge is 0.251 e. The normalized spacial score (nSPS) is 14.1. The number of carbonyl (C=O) groups is 2. The molecule has 9 heteroatoms. The summed E-state index contributed by atoms with van der Waals surface area (Å²) in [6, 6.07) is 14.3. The number of ether oxygens (including phenoxy) is 2. The van der Waals surface area contributed by atoms with E-state index < -0.39 is 0 Å². The molecule has 4 rings (SSSR count). The molecule has 2 heterocycles. The Balaban J connectivity index is 1.31. The topological polar surface area (TPSA) is 107 Å². The molecular weight excluding hydrogens is 424 g/mol. The van der Waals surface area contributed by atoms with Crippen LogP contribution in [0.25, 0.3) is 11.4 Å². The molecule has 1 saturated heterocycles. The number of likely N-dealkylation sites (tertiary alicyclic amines) is 1. The van der Waals surface area contributed by atoms with Gasteiger partial charge in [0, 0.05) is 30.1 Å². The fourth-order valence-corrected chi connectivity index (χ4v) is 3.83. The van der Waals surface area contributed by atoms with E-state index in [1.54, 1.807) is 55.5 Å². The molecule has 0 radical (unpaired) electrons. The van der Waals surface area contributed by atoms with Crippen LogP contribution in [0.3, 0.4) is 0 Å². The van der Waals surface area contributed by atoms with E-state index in [1.165, 1.54) is 0 Å². The highest BCUT2D eigenvalue weighted by Gasteiger charge is 2.28. The van der Waals surface area contributed by atoms with Crippen LogP contribution in [0.5, 0.6) is 11.5 Å². The minimum Gasteiger partial charge on any atom is -0.493 e. The van der Waals surface area contributed by atoms with Crippen molar-refractivity contribution in [2.24, 2.45) is 0 Å². The number of nitrogens with one attached hydrogen (secondary N) is 1. The van der Waals surface area contributed by atoms with Crippen molar-refractivity contribution in [3.8, 4) is 22.9 Å². The van der Waals surface area contributed by atoms with Crippen LogP contribution >= 0.6 is 0 Å². The van der Waals surface area contributed by atoms with Gasteiger partial charge in [0.05, 0.1) is 20.8 Å². The fraction of sp³-hybridized carbons (Fsp3) is 0.333. The first-order valence-corrected chi connectivity index (χ1v) is 10.8. The van der Waals surface area contributed by atoms with Gasteiger partial charge in [-0.25, -0.2) is 0 Å². The van der Waals surface area contributed by atoms with Crippen molar-refractivity contribution in [1.29, 1.82) is 0 Å². The lowest BCUT2D eigenvalue weighted by atomic mass is 9.96. The highest BCUT2D eigenvalue weighted by molar-refractivity contribution is 5.96. The summed E-state index contributed by atoms with van der Waals surface area (Å²) in [4.78, 5) is 31.0. The molecule has 1 fully saturated rings. The van der Waals surface area contributed by atoms with Gasteiger partial charge in [0.2, 0.25) is 17.6 Å². The molecule has 1 N–H and O–H groups in total. The molecule has 2 amide bonds. The van der Waals surface area contributed by atoms with Crippen molar-refractivity contribution in [3.05, 3.63) is 60.0 Å². The number of aromatic nitrogens is 2. The van der Waals surface area contributed by atoms with Gasteiger partial charge in [0.15, 0.2) is 11.5 Å². The zero-order valence-electron chi connectivity index (χ0n) is 18.6. The molecule has 0 aliphatic carbocycles. The summed E-state index contributed by atoms with van der Waals surface area (Å²) < 4.78 is 16.1. The maximum atomic E-state index is 12.5. The molecular formula is C24H26N4O5. The van der Waals surface area contributed by atoms with E-state index in [1.807, 2.05) is 12.1 Å². The maximum Gasteiger partial charge on any atom is 0.251 e. The second kappa shape index (κ2) is 10.2. The Labute approximate surface area is 191 Å².